The van der Waals surface area contributed by atoms with Crippen molar-refractivity contribution in [2.45, 2.75) is 52.6 Å². The standard InChI is InChI=1S/C15H28N4O/c1-6-8-12-18-13(16-9-7-2)10-14(19-12)17-11-15(3,4)20-5/h10H,6-9,11H2,1-5H3,(H2,16,17,18,19). The summed E-state index contributed by atoms with van der Waals surface area (Å²) in [7, 11) is 1.72. The van der Waals surface area contributed by atoms with Gasteiger partial charge in [-0.15, -0.1) is 0 Å². The van der Waals surface area contributed by atoms with Crippen LogP contribution in [0.15, 0.2) is 6.07 Å². The lowest BCUT2D eigenvalue weighted by atomic mass is 10.1. The highest BCUT2D eigenvalue weighted by molar-refractivity contribution is 5.47. The van der Waals surface area contributed by atoms with E-state index in [0.717, 1.165) is 43.3 Å². The molecule has 2 N–H and O–H groups in total. The van der Waals surface area contributed by atoms with Crippen LogP contribution in [0.1, 0.15) is 46.4 Å². The van der Waals surface area contributed by atoms with Crippen LogP contribution in [0, 0.1) is 0 Å². The number of nitrogens with zero attached hydrogens (tertiary/aromatic N) is 2. The fourth-order valence-electron chi connectivity index (χ4n) is 1.64. The molecule has 5 heteroatoms. The maximum absolute atomic E-state index is 5.41. The van der Waals surface area contributed by atoms with Crippen molar-refractivity contribution in [1.29, 1.82) is 0 Å². The molecule has 1 rings (SSSR count). The number of anilines is 2. The number of methoxy groups -OCH3 is 1. The Bertz CT molecular complexity index is 407. The van der Waals surface area contributed by atoms with Gasteiger partial charge in [-0.25, -0.2) is 9.97 Å². The average molecular weight is 280 g/mol. The van der Waals surface area contributed by atoms with Crippen LogP contribution in [0.4, 0.5) is 11.6 Å². The van der Waals surface area contributed by atoms with E-state index in [4.69, 9.17) is 4.74 Å². The van der Waals surface area contributed by atoms with Gasteiger partial charge in [0.1, 0.15) is 17.5 Å². The minimum atomic E-state index is -0.215. The minimum absolute atomic E-state index is 0.215. The average Bonchev–Trinajstić information content (AvgIpc) is 2.43. The van der Waals surface area contributed by atoms with Gasteiger partial charge in [-0.1, -0.05) is 13.8 Å². The van der Waals surface area contributed by atoms with Crippen molar-refractivity contribution in [3.63, 3.8) is 0 Å². The summed E-state index contributed by atoms with van der Waals surface area (Å²) in [4.78, 5) is 9.08. The molecule has 1 heterocycles. The molecule has 0 aliphatic heterocycles. The molecule has 0 aliphatic rings. The maximum atomic E-state index is 5.41. The highest BCUT2D eigenvalue weighted by Gasteiger charge is 2.16. The number of aromatic nitrogens is 2. The molecule has 1 aromatic rings. The van der Waals surface area contributed by atoms with Gasteiger partial charge < -0.3 is 15.4 Å². The van der Waals surface area contributed by atoms with Gasteiger partial charge in [0.25, 0.3) is 0 Å². The Hall–Kier alpha value is -1.36. The van der Waals surface area contributed by atoms with Gasteiger partial charge in [-0.3, -0.25) is 0 Å². The van der Waals surface area contributed by atoms with E-state index in [1.807, 2.05) is 19.9 Å². The van der Waals surface area contributed by atoms with Crippen molar-refractivity contribution in [2.75, 3.05) is 30.8 Å². The largest absolute Gasteiger partial charge is 0.377 e. The van der Waals surface area contributed by atoms with Crippen molar-refractivity contribution in [2.24, 2.45) is 0 Å². The maximum Gasteiger partial charge on any atom is 0.133 e. The number of aryl methyl sites for hydroxylation is 1. The van der Waals surface area contributed by atoms with Gasteiger partial charge in [-0.05, 0) is 26.7 Å². The zero-order valence-corrected chi connectivity index (χ0v) is 13.4. The summed E-state index contributed by atoms with van der Waals surface area (Å²) in [6.07, 6.45) is 3.01. The van der Waals surface area contributed by atoms with Gasteiger partial charge in [0.15, 0.2) is 0 Å². The molecule has 114 valence electrons. The van der Waals surface area contributed by atoms with E-state index in [0.29, 0.717) is 6.54 Å². The molecule has 0 spiro atoms. The Kier molecular flexibility index (Phi) is 6.71. The van der Waals surface area contributed by atoms with Gasteiger partial charge in [0.2, 0.25) is 0 Å². The second kappa shape index (κ2) is 8.04. The molecule has 1 aromatic heterocycles. The van der Waals surface area contributed by atoms with E-state index >= 15 is 0 Å². The minimum Gasteiger partial charge on any atom is -0.377 e. The molecule has 0 unspecified atom stereocenters. The summed E-state index contributed by atoms with van der Waals surface area (Å²) in [6, 6.07) is 1.96. The van der Waals surface area contributed by atoms with E-state index < -0.39 is 0 Å². The predicted molar refractivity (Wildman–Crippen MR) is 84.4 cm³/mol. The molecule has 0 aromatic carbocycles. The summed E-state index contributed by atoms with van der Waals surface area (Å²) >= 11 is 0. The fraction of sp³-hybridized carbons (Fsp3) is 0.733. The molecular formula is C15H28N4O. The molecule has 0 atom stereocenters. The lowest BCUT2D eigenvalue weighted by molar-refractivity contribution is 0.0343. The lowest BCUT2D eigenvalue weighted by Crippen LogP contribution is -2.32. The number of nitrogens with one attached hydrogen (secondary N) is 2. The zero-order chi connectivity index (χ0) is 15.0. The predicted octanol–water partition coefficient (Wildman–Crippen LogP) is 3.09. The summed E-state index contributed by atoms with van der Waals surface area (Å²) < 4.78 is 5.41. The van der Waals surface area contributed by atoms with Crippen LogP contribution in [0.2, 0.25) is 0 Å². The Morgan fingerprint density at radius 3 is 2.30 bits per heavy atom. The van der Waals surface area contributed by atoms with Crippen molar-refractivity contribution in [3.8, 4) is 0 Å². The number of hydrogen-bond acceptors (Lipinski definition) is 5. The van der Waals surface area contributed by atoms with Gasteiger partial charge in [-0.2, -0.15) is 0 Å². The van der Waals surface area contributed by atoms with E-state index in [9.17, 15) is 0 Å². The van der Waals surface area contributed by atoms with Crippen LogP contribution in [0.5, 0.6) is 0 Å². The molecule has 5 nitrogen and oxygen atoms in total. The first-order valence-electron chi connectivity index (χ1n) is 7.41. The van der Waals surface area contributed by atoms with Crippen molar-refractivity contribution >= 4 is 11.6 Å². The fourth-order valence-corrected chi connectivity index (χ4v) is 1.64. The molecule has 0 radical (unpaired) electrons. The quantitative estimate of drug-likeness (QED) is 0.728. The third kappa shape index (κ3) is 5.74. The van der Waals surface area contributed by atoms with Crippen LogP contribution >= 0.6 is 0 Å². The van der Waals surface area contributed by atoms with Crippen molar-refractivity contribution in [3.05, 3.63) is 11.9 Å². The van der Waals surface area contributed by atoms with Crippen LogP contribution in [0.25, 0.3) is 0 Å². The Balaban J connectivity index is 2.79. The summed E-state index contributed by atoms with van der Waals surface area (Å²) in [5.74, 6) is 2.63. The lowest BCUT2D eigenvalue weighted by Gasteiger charge is -2.23. The SMILES string of the molecule is CCCNc1cc(NCC(C)(C)OC)nc(CCC)n1. The third-order valence-corrected chi connectivity index (χ3v) is 3.05. The van der Waals surface area contributed by atoms with E-state index in [1.54, 1.807) is 7.11 Å². The summed E-state index contributed by atoms with van der Waals surface area (Å²) in [6.45, 7) is 10.00. The first kappa shape index (κ1) is 16.7. The molecule has 0 amide bonds. The summed E-state index contributed by atoms with van der Waals surface area (Å²) in [5, 5.41) is 6.66. The zero-order valence-electron chi connectivity index (χ0n) is 13.4. The Morgan fingerprint density at radius 1 is 1.10 bits per heavy atom. The van der Waals surface area contributed by atoms with E-state index in [2.05, 4.69) is 34.4 Å². The Labute approximate surface area is 122 Å². The second-order valence-corrected chi connectivity index (χ2v) is 5.55. The first-order valence-corrected chi connectivity index (χ1v) is 7.41. The van der Waals surface area contributed by atoms with Gasteiger partial charge in [0.05, 0.1) is 5.60 Å². The van der Waals surface area contributed by atoms with Crippen molar-refractivity contribution < 1.29 is 4.74 Å². The topological polar surface area (TPSA) is 59.1 Å². The highest BCUT2D eigenvalue weighted by atomic mass is 16.5. The van der Waals surface area contributed by atoms with Crippen LogP contribution < -0.4 is 10.6 Å². The van der Waals surface area contributed by atoms with Crippen LogP contribution in [0.3, 0.4) is 0 Å². The molecule has 0 fully saturated rings. The molecule has 0 saturated carbocycles. The third-order valence-electron chi connectivity index (χ3n) is 3.05. The molecule has 20 heavy (non-hydrogen) atoms. The molecule has 0 bridgehead atoms. The Morgan fingerprint density at radius 2 is 1.75 bits per heavy atom. The van der Waals surface area contributed by atoms with Gasteiger partial charge in [0, 0.05) is 32.7 Å². The van der Waals surface area contributed by atoms with Crippen LogP contribution in [-0.2, 0) is 11.2 Å². The molecular weight excluding hydrogens is 252 g/mol. The van der Waals surface area contributed by atoms with Crippen LogP contribution in [-0.4, -0.2) is 35.8 Å². The van der Waals surface area contributed by atoms with E-state index in [-0.39, 0.29) is 5.60 Å². The summed E-state index contributed by atoms with van der Waals surface area (Å²) in [5.41, 5.74) is -0.215. The monoisotopic (exact) mass is 280 g/mol. The number of hydrogen-bond donors (Lipinski definition) is 2. The highest BCUT2D eigenvalue weighted by Crippen LogP contribution is 2.15. The smallest absolute Gasteiger partial charge is 0.133 e. The van der Waals surface area contributed by atoms with Crippen molar-refractivity contribution in [1.82, 2.24) is 9.97 Å². The van der Waals surface area contributed by atoms with Gasteiger partial charge >= 0.3 is 0 Å². The van der Waals surface area contributed by atoms with E-state index in [1.165, 1.54) is 0 Å². The normalized spacial score (nSPS) is 11.4. The first-order chi connectivity index (χ1) is 9.50. The molecule has 0 aliphatic carbocycles. The molecule has 0 saturated heterocycles. The number of ether oxygens (including phenoxy) is 1. The second-order valence-electron chi connectivity index (χ2n) is 5.55. The number of rotatable bonds is 9.